The highest BCUT2D eigenvalue weighted by molar-refractivity contribution is 7.72. The molecule has 2 aromatic carbocycles. The Balaban J connectivity index is 1.88. The smallest absolute Gasteiger partial charge is 0.169 e. The van der Waals surface area contributed by atoms with Crippen LogP contribution in [0.15, 0.2) is 36.4 Å². The van der Waals surface area contributed by atoms with Gasteiger partial charge in [0.2, 0.25) is 0 Å². The first-order valence-corrected chi connectivity index (χ1v) is 8.70. The Morgan fingerprint density at radius 1 is 1.25 bits per heavy atom. The molecule has 1 unspecified atom stereocenters. The molecule has 0 spiro atoms. The number of hydrogen-bond acceptors (Lipinski definition) is 4. The Morgan fingerprint density at radius 3 is 3.00 bits per heavy atom. The Hall–Kier alpha value is -1.19. The molecule has 5 heteroatoms. The monoisotopic (exact) mass is 288 g/mol. The van der Waals surface area contributed by atoms with Crippen LogP contribution < -0.4 is 15.3 Å². The molecule has 104 valence electrons. The van der Waals surface area contributed by atoms with Gasteiger partial charge in [0.25, 0.3) is 0 Å². The summed E-state index contributed by atoms with van der Waals surface area (Å²) < 4.78 is 2.07. The lowest BCUT2D eigenvalue weighted by Crippen LogP contribution is -2.38. The third kappa shape index (κ3) is 1.63. The van der Waals surface area contributed by atoms with Gasteiger partial charge in [-0.2, -0.15) is 9.76 Å². The molecule has 0 bridgehead atoms. The summed E-state index contributed by atoms with van der Waals surface area (Å²) in [5.41, 5.74) is 0. The molecule has 2 aliphatic heterocycles. The van der Waals surface area contributed by atoms with E-state index in [2.05, 4.69) is 9.76 Å². The first-order valence-electron chi connectivity index (χ1n) is 7.04. The van der Waals surface area contributed by atoms with Gasteiger partial charge in [-0.15, -0.1) is 0 Å². The van der Waals surface area contributed by atoms with Crippen LogP contribution in [0.5, 0.6) is 5.75 Å². The average Bonchev–Trinajstić information content (AvgIpc) is 3.05. The highest BCUT2D eigenvalue weighted by Crippen LogP contribution is 2.58. The van der Waals surface area contributed by atoms with Gasteiger partial charge in [-0.1, -0.05) is 30.3 Å². The van der Waals surface area contributed by atoms with Crippen molar-refractivity contribution in [2.45, 2.75) is 18.9 Å². The van der Waals surface area contributed by atoms with Crippen molar-refractivity contribution in [3.8, 4) is 5.75 Å². The fourth-order valence-corrected chi connectivity index (χ4v) is 6.28. The number of fused-ring (bicyclic) bond motifs is 2. The largest absolute Gasteiger partial charge is 0.647 e. The Morgan fingerprint density at radius 2 is 2.10 bits per heavy atom. The van der Waals surface area contributed by atoms with Crippen LogP contribution >= 0.6 is 7.79 Å². The topological polar surface area (TPSA) is 58.6 Å². The van der Waals surface area contributed by atoms with Crippen molar-refractivity contribution in [1.29, 1.82) is 0 Å². The molecule has 2 atom stereocenters. The summed E-state index contributed by atoms with van der Waals surface area (Å²) in [5.74, 6) is 0.159. The van der Waals surface area contributed by atoms with Crippen LogP contribution in [0, 0.1) is 0 Å². The van der Waals surface area contributed by atoms with Gasteiger partial charge < -0.3 is 10.00 Å². The van der Waals surface area contributed by atoms with Gasteiger partial charge in [-0.05, 0) is 24.3 Å². The molecule has 2 N–H and O–H groups in total. The van der Waals surface area contributed by atoms with Gasteiger partial charge in [0.15, 0.2) is 11.1 Å². The molecular formula is C15H17N2O2P. The quantitative estimate of drug-likeness (QED) is 0.778. The number of hydrogen-bond donors (Lipinski definition) is 2. The Kier molecular flexibility index (Phi) is 2.76. The van der Waals surface area contributed by atoms with Crippen molar-refractivity contribution in [2.24, 2.45) is 0 Å². The summed E-state index contributed by atoms with van der Waals surface area (Å²) in [6.45, 7) is 1.60. The Labute approximate surface area is 118 Å². The van der Waals surface area contributed by atoms with Gasteiger partial charge in [-0.3, -0.25) is 0 Å². The fraction of sp³-hybridized carbons (Fsp3) is 0.333. The number of phenolic OH excluding ortho intramolecular Hbond substituents is 1. The predicted octanol–water partition coefficient (Wildman–Crippen LogP) is 1.36. The molecule has 2 heterocycles. The molecule has 4 rings (SSSR count). The van der Waals surface area contributed by atoms with Crippen molar-refractivity contribution in [2.75, 3.05) is 13.1 Å². The SMILES string of the molecule is [O-][P+]1(c2ccc3ccccc3c2O)NC[C@@H]2CCCN21. The van der Waals surface area contributed by atoms with Crippen LogP contribution in [0.1, 0.15) is 12.8 Å². The van der Waals surface area contributed by atoms with Gasteiger partial charge >= 0.3 is 0 Å². The third-order valence-electron chi connectivity index (χ3n) is 4.45. The standard InChI is InChI=1S/C15H17N2O2P/c18-15-13-6-2-1-4-11(13)7-8-14(15)20(19)16-10-12-5-3-9-17(12)20/h1-2,4,6-8,12,18H,3,5,9-10H2,(H,16,19)/t12-,20?/m0/s1. The zero-order valence-electron chi connectivity index (χ0n) is 11.1. The maximum absolute atomic E-state index is 13.3. The van der Waals surface area contributed by atoms with Crippen molar-refractivity contribution in [3.05, 3.63) is 36.4 Å². The fourth-order valence-electron chi connectivity index (χ4n) is 3.43. The minimum atomic E-state index is -2.83. The summed E-state index contributed by atoms with van der Waals surface area (Å²) in [5, 5.41) is 16.0. The van der Waals surface area contributed by atoms with Crippen LogP contribution in [0.25, 0.3) is 10.8 Å². The van der Waals surface area contributed by atoms with E-state index >= 15 is 0 Å². The lowest BCUT2D eigenvalue weighted by molar-refractivity contribution is -0.178. The van der Waals surface area contributed by atoms with E-state index in [1.807, 2.05) is 36.4 Å². The third-order valence-corrected chi connectivity index (χ3v) is 7.33. The molecule has 2 aliphatic rings. The maximum Gasteiger partial charge on any atom is 0.169 e. The first kappa shape index (κ1) is 12.5. The molecule has 4 nitrogen and oxygen atoms in total. The van der Waals surface area contributed by atoms with E-state index in [1.165, 1.54) is 0 Å². The zero-order valence-corrected chi connectivity index (χ0v) is 12.0. The average molecular weight is 288 g/mol. The van der Waals surface area contributed by atoms with E-state index in [-0.39, 0.29) is 5.75 Å². The second-order valence-corrected chi connectivity index (χ2v) is 8.02. The maximum atomic E-state index is 13.3. The summed E-state index contributed by atoms with van der Waals surface area (Å²) in [6.07, 6.45) is 2.18. The van der Waals surface area contributed by atoms with Crippen LogP contribution in [-0.4, -0.2) is 28.9 Å². The van der Waals surface area contributed by atoms with Crippen molar-refractivity contribution >= 4 is 23.9 Å². The van der Waals surface area contributed by atoms with Crippen LogP contribution in [0.4, 0.5) is 0 Å². The van der Waals surface area contributed by atoms with E-state index in [0.717, 1.165) is 36.7 Å². The minimum absolute atomic E-state index is 0.159. The van der Waals surface area contributed by atoms with E-state index < -0.39 is 7.79 Å². The van der Waals surface area contributed by atoms with Crippen LogP contribution in [0.3, 0.4) is 0 Å². The van der Waals surface area contributed by atoms with Gasteiger partial charge in [0.1, 0.15) is 7.79 Å². The summed E-state index contributed by atoms with van der Waals surface area (Å²) in [7, 11) is -2.83. The summed E-state index contributed by atoms with van der Waals surface area (Å²) in [4.78, 5) is 13.3. The molecule has 2 saturated heterocycles. The number of aromatic hydroxyl groups is 1. The molecule has 0 saturated carbocycles. The molecule has 20 heavy (non-hydrogen) atoms. The lowest BCUT2D eigenvalue weighted by Gasteiger charge is -2.33. The first-order chi connectivity index (χ1) is 9.70. The summed E-state index contributed by atoms with van der Waals surface area (Å²) in [6, 6.07) is 11.8. The number of benzene rings is 2. The number of nitrogens with one attached hydrogen (secondary N) is 1. The normalized spacial score (nSPS) is 29.9. The second-order valence-electron chi connectivity index (χ2n) is 5.55. The van der Waals surface area contributed by atoms with Crippen LogP contribution in [0.2, 0.25) is 0 Å². The number of rotatable bonds is 1. The van der Waals surface area contributed by atoms with Crippen molar-refractivity contribution in [3.63, 3.8) is 0 Å². The van der Waals surface area contributed by atoms with E-state index in [1.54, 1.807) is 0 Å². The predicted molar refractivity (Wildman–Crippen MR) is 79.9 cm³/mol. The van der Waals surface area contributed by atoms with Gasteiger partial charge in [0.05, 0.1) is 12.6 Å². The zero-order chi connectivity index (χ0) is 13.7. The second kappa shape index (κ2) is 4.40. The highest BCUT2D eigenvalue weighted by atomic mass is 31.2. The number of nitrogens with zero attached hydrogens (tertiary/aromatic N) is 1. The molecule has 2 fully saturated rings. The van der Waals surface area contributed by atoms with Gasteiger partial charge in [-0.25, -0.2) is 0 Å². The molecule has 2 aromatic rings. The van der Waals surface area contributed by atoms with E-state index in [9.17, 15) is 10.00 Å². The summed E-state index contributed by atoms with van der Waals surface area (Å²) >= 11 is 0. The molecule has 0 aromatic heterocycles. The van der Waals surface area contributed by atoms with E-state index in [0.29, 0.717) is 11.3 Å². The minimum Gasteiger partial charge on any atom is -0.647 e. The highest BCUT2D eigenvalue weighted by Gasteiger charge is 2.51. The number of phenols is 1. The van der Waals surface area contributed by atoms with Crippen LogP contribution in [-0.2, 0) is 0 Å². The molecular weight excluding hydrogens is 271 g/mol. The Bertz CT molecular complexity index is 678. The van der Waals surface area contributed by atoms with Crippen molar-refractivity contribution < 1.29 is 10.00 Å². The van der Waals surface area contributed by atoms with Gasteiger partial charge in [0, 0.05) is 11.9 Å². The lowest BCUT2D eigenvalue weighted by atomic mass is 10.1. The van der Waals surface area contributed by atoms with E-state index in [4.69, 9.17) is 0 Å². The molecule has 0 amide bonds. The van der Waals surface area contributed by atoms with Crippen molar-refractivity contribution in [1.82, 2.24) is 9.76 Å². The molecule has 0 radical (unpaired) electrons. The molecule has 0 aliphatic carbocycles.